The molecule has 0 spiro atoms. The molecule has 4 heteroatoms. The molecule has 0 aliphatic carbocycles. The first-order valence-electron chi connectivity index (χ1n) is 1.53. The second kappa shape index (κ2) is 2.33. The molecule has 2 nitrogen and oxygen atoms in total. The van der Waals surface area contributed by atoms with E-state index in [2.05, 4.69) is 0 Å². The number of hydrogen-bond donors (Lipinski definition) is 0. The van der Waals surface area contributed by atoms with E-state index in [1.54, 1.807) is 0 Å². The van der Waals surface area contributed by atoms with Crippen molar-refractivity contribution in [3.63, 3.8) is 0 Å². The molecule has 7 heavy (non-hydrogen) atoms. The summed E-state index contributed by atoms with van der Waals surface area (Å²) in [5.74, 6) is 0. The maximum Gasteiger partial charge on any atom is 0.169 e. The van der Waals surface area contributed by atoms with Gasteiger partial charge in [0.05, 0.1) is 0 Å². The number of sulfone groups is 1. The summed E-state index contributed by atoms with van der Waals surface area (Å²) in [5, 5.41) is 0.925. The Hall–Kier alpha value is -0.0200. The van der Waals surface area contributed by atoms with Crippen molar-refractivity contribution < 1.29 is 8.42 Å². The fraction of sp³-hybridized carbons (Fsp3) is 0.333. The lowest BCUT2D eigenvalue weighted by Crippen LogP contribution is -1.85. The first-order valence-corrected chi connectivity index (χ1v) is 3.92. The normalized spacial score (nSPS) is 12.9. The lowest BCUT2D eigenvalue weighted by atomic mass is 11.3. The highest BCUT2D eigenvalue weighted by atomic mass is 35.5. The molecule has 0 heterocycles. The molecule has 0 N–H and O–H groups in total. The Morgan fingerprint density at radius 3 is 2.00 bits per heavy atom. The predicted octanol–water partition coefficient (Wildman–Crippen LogP) is 0.741. The standard InChI is InChI=1S/C3H5ClO2S/c1-7(5,6)3-2-4/h2-3H,1H3/b3-2-. The quantitative estimate of drug-likeness (QED) is 0.539. The lowest BCUT2D eigenvalue weighted by molar-refractivity contribution is 0.610. The van der Waals surface area contributed by atoms with Crippen LogP contribution in [-0.4, -0.2) is 14.7 Å². The fourth-order valence-electron chi connectivity index (χ4n) is 0.0934. The summed E-state index contributed by atoms with van der Waals surface area (Å²) >= 11 is 4.93. The molecule has 0 fully saturated rings. The molecule has 0 aromatic heterocycles. The van der Waals surface area contributed by atoms with Crippen molar-refractivity contribution in [2.45, 2.75) is 0 Å². The second-order valence-electron chi connectivity index (χ2n) is 1.09. The average Bonchev–Trinajstić information content (AvgIpc) is 1.30. The van der Waals surface area contributed by atoms with E-state index in [1.165, 1.54) is 0 Å². The molecule has 0 aromatic rings. The summed E-state index contributed by atoms with van der Waals surface area (Å²) in [6, 6.07) is 0. The summed E-state index contributed by atoms with van der Waals surface area (Å²) in [4.78, 5) is 0. The van der Waals surface area contributed by atoms with Gasteiger partial charge in [0.15, 0.2) is 9.84 Å². The van der Waals surface area contributed by atoms with Gasteiger partial charge in [-0.25, -0.2) is 8.42 Å². The largest absolute Gasteiger partial charge is 0.225 e. The minimum atomic E-state index is -2.99. The summed E-state index contributed by atoms with van der Waals surface area (Å²) in [6.45, 7) is 0. The van der Waals surface area contributed by atoms with Gasteiger partial charge in [-0.2, -0.15) is 0 Å². The Morgan fingerprint density at radius 2 is 2.00 bits per heavy atom. The minimum absolute atomic E-state index is 0.925. The Bertz CT molecular complexity index is 156. The Morgan fingerprint density at radius 1 is 1.57 bits per heavy atom. The lowest BCUT2D eigenvalue weighted by Gasteiger charge is -1.76. The van der Waals surface area contributed by atoms with Crippen LogP contribution < -0.4 is 0 Å². The minimum Gasteiger partial charge on any atom is -0.225 e. The van der Waals surface area contributed by atoms with Crippen LogP contribution >= 0.6 is 11.6 Å². The number of rotatable bonds is 1. The van der Waals surface area contributed by atoms with E-state index in [-0.39, 0.29) is 0 Å². The Kier molecular flexibility index (Phi) is 2.32. The van der Waals surface area contributed by atoms with Crippen molar-refractivity contribution in [1.82, 2.24) is 0 Å². The van der Waals surface area contributed by atoms with E-state index in [4.69, 9.17) is 11.6 Å². The molecule has 0 radical (unpaired) electrons. The SMILES string of the molecule is CS(=O)(=O)/C=C\Cl. The molecule has 0 aromatic carbocycles. The zero-order chi connectivity index (χ0) is 5.91. The maximum atomic E-state index is 10.1. The highest BCUT2D eigenvalue weighted by Gasteiger charge is 1.88. The second-order valence-corrected chi connectivity index (χ2v) is 3.27. The van der Waals surface area contributed by atoms with Crippen LogP contribution in [-0.2, 0) is 9.84 Å². The summed E-state index contributed by atoms with van der Waals surface area (Å²) in [6.07, 6.45) is 1.08. The van der Waals surface area contributed by atoms with Gasteiger partial charge >= 0.3 is 0 Å². The van der Waals surface area contributed by atoms with E-state index in [0.29, 0.717) is 0 Å². The first-order chi connectivity index (χ1) is 3.06. The highest BCUT2D eigenvalue weighted by molar-refractivity contribution is 7.93. The third-order valence-corrected chi connectivity index (χ3v) is 1.20. The van der Waals surface area contributed by atoms with Crippen LogP contribution in [0.4, 0.5) is 0 Å². The molecule has 0 bridgehead atoms. The third-order valence-electron chi connectivity index (χ3n) is 0.299. The van der Waals surface area contributed by atoms with Gasteiger partial charge in [-0.05, 0) is 0 Å². The van der Waals surface area contributed by atoms with Gasteiger partial charge in [0.1, 0.15) is 0 Å². The van der Waals surface area contributed by atoms with Gasteiger partial charge in [-0.15, -0.1) is 0 Å². The Labute approximate surface area is 47.7 Å². The van der Waals surface area contributed by atoms with Crippen LogP contribution in [0.1, 0.15) is 0 Å². The van der Waals surface area contributed by atoms with Crippen LogP contribution in [0.2, 0.25) is 0 Å². The van der Waals surface area contributed by atoms with Gasteiger partial charge in [0.25, 0.3) is 0 Å². The van der Waals surface area contributed by atoms with E-state index >= 15 is 0 Å². The summed E-state index contributed by atoms with van der Waals surface area (Å²) in [7, 11) is -2.99. The number of hydrogen-bond acceptors (Lipinski definition) is 2. The van der Waals surface area contributed by atoms with E-state index in [1.807, 2.05) is 0 Å². The highest BCUT2D eigenvalue weighted by Crippen LogP contribution is 1.85. The average molecular weight is 141 g/mol. The summed E-state index contributed by atoms with van der Waals surface area (Å²) < 4.78 is 20.1. The summed E-state index contributed by atoms with van der Waals surface area (Å²) in [5.41, 5.74) is 0.968. The Balaban J connectivity index is 4.13. The van der Waals surface area contributed by atoms with Crippen LogP contribution in [0.5, 0.6) is 0 Å². The number of halogens is 1. The fourth-order valence-corrected chi connectivity index (χ4v) is 0.841. The van der Waals surface area contributed by atoms with Gasteiger partial charge in [-0.3, -0.25) is 0 Å². The molecule has 0 saturated carbocycles. The van der Waals surface area contributed by atoms with Crippen molar-refractivity contribution in [1.29, 1.82) is 0 Å². The third kappa shape index (κ3) is 5.98. The van der Waals surface area contributed by atoms with Crippen molar-refractivity contribution in [2.24, 2.45) is 0 Å². The zero-order valence-electron chi connectivity index (χ0n) is 3.76. The van der Waals surface area contributed by atoms with E-state index in [9.17, 15) is 8.42 Å². The van der Waals surface area contributed by atoms with Gasteiger partial charge in [0.2, 0.25) is 0 Å². The topological polar surface area (TPSA) is 34.1 Å². The molecule has 0 unspecified atom stereocenters. The molecule has 0 atom stereocenters. The van der Waals surface area contributed by atoms with Gasteiger partial charge in [-0.1, -0.05) is 11.6 Å². The monoisotopic (exact) mass is 140 g/mol. The van der Waals surface area contributed by atoms with Crippen LogP contribution in [0.25, 0.3) is 0 Å². The predicted molar refractivity (Wildman–Crippen MR) is 29.8 cm³/mol. The van der Waals surface area contributed by atoms with Gasteiger partial charge < -0.3 is 0 Å². The van der Waals surface area contributed by atoms with Crippen molar-refractivity contribution >= 4 is 21.4 Å². The molecule has 0 rings (SSSR count). The van der Waals surface area contributed by atoms with E-state index in [0.717, 1.165) is 17.2 Å². The molecular formula is C3H5ClO2S. The van der Waals surface area contributed by atoms with Crippen molar-refractivity contribution in [3.8, 4) is 0 Å². The molecule has 0 aliphatic heterocycles. The van der Waals surface area contributed by atoms with Crippen molar-refractivity contribution in [2.75, 3.05) is 6.26 Å². The first kappa shape index (κ1) is 6.98. The van der Waals surface area contributed by atoms with Crippen molar-refractivity contribution in [3.05, 3.63) is 10.9 Å². The van der Waals surface area contributed by atoms with Crippen LogP contribution in [0.15, 0.2) is 10.9 Å². The zero-order valence-corrected chi connectivity index (χ0v) is 5.33. The van der Waals surface area contributed by atoms with Crippen LogP contribution in [0, 0.1) is 0 Å². The van der Waals surface area contributed by atoms with Crippen LogP contribution in [0.3, 0.4) is 0 Å². The van der Waals surface area contributed by atoms with E-state index < -0.39 is 9.84 Å². The molecular weight excluding hydrogens is 136 g/mol. The smallest absolute Gasteiger partial charge is 0.169 e. The maximum absolute atomic E-state index is 10.1. The molecule has 0 saturated heterocycles. The van der Waals surface area contributed by atoms with Gasteiger partial charge in [0, 0.05) is 17.2 Å². The molecule has 0 aliphatic rings. The molecule has 42 valence electrons. The molecule has 0 amide bonds.